The number of thioether (sulfide) groups is 1. The summed E-state index contributed by atoms with van der Waals surface area (Å²) in [7, 11) is 1.63. The lowest BCUT2D eigenvalue weighted by molar-refractivity contribution is -0.210. The summed E-state index contributed by atoms with van der Waals surface area (Å²) in [4.78, 5) is 4.52. The summed E-state index contributed by atoms with van der Waals surface area (Å²) < 4.78 is 23.4. The Kier molecular flexibility index (Phi) is 3.20. The van der Waals surface area contributed by atoms with Crippen molar-refractivity contribution in [2.24, 2.45) is 10.7 Å². The molecule has 2 N–H and O–H groups in total. The molecule has 3 aliphatic rings. The molecule has 0 saturated carbocycles. The average Bonchev–Trinajstić information content (AvgIpc) is 2.78. The summed E-state index contributed by atoms with van der Waals surface area (Å²) in [6, 6.07) is 7.53. The Bertz CT molecular complexity index is 582. The summed E-state index contributed by atoms with van der Waals surface area (Å²) >= 11 is 1.48. The molecule has 0 aromatic heterocycles. The molecule has 5 atom stereocenters. The van der Waals surface area contributed by atoms with Crippen LogP contribution in [0.5, 0.6) is 11.5 Å². The van der Waals surface area contributed by atoms with E-state index in [9.17, 15) is 0 Å². The van der Waals surface area contributed by atoms with Crippen molar-refractivity contribution < 1.29 is 18.9 Å². The van der Waals surface area contributed by atoms with Crippen LogP contribution in [0.4, 0.5) is 0 Å². The molecule has 5 unspecified atom stereocenters. The standard InChI is InChI=1S/C14H16N2O4S/c1-17-13-12-10(16-14(15)21-12)11-9(20-13)6-18-7-4-2-3-5-8(7)19-11/h2-5,9-13H,6H2,1H3,(H2,15,16). The molecule has 1 fully saturated rings. The van der Waals surface area contributed by atoms with Crippen molar-refractivity contribution in [3.8, 4) is 11.5 Å². The lowest BCUT2D eigenvalue weighted by Gasteiger charge is -2.40. The Labute approximate surface area is 126 Å². The van der Waals surface area contributed by atoms with Crippen LogP contribution >= 0.6 is 11.8 Å². The van der Waals surface area contributed by atoms with Crippen molar-refractivity contribution in [1.29, 1.82) is 0 Å². The Balaban J connectivity index is 1.68. The van der Waals surface area contributed by atoms with Crippen LogP contribution in [0.2, 0.25) is 0 Å². The first kappa shape index (κ1) is 13.2. The van der Waals surface area contributed by atoms with Gasteiger partial charge in [0.25, 0.3) is 0 Å². The molecular weight excluding hydrogens is 292 g/mol. The predicted octanol–water partition coefficient (Wildman–Crippen LogP) is 0.996. The Morgan fingerprint density at radius 1 is 1.33 bits per heavy atom. The number of nitrogens with two attached hydrogens (primary N) is 1. The average molecular weight is 308 g/mol. The van der Waals surface area contributed by atoms with Gasteiger partial charge in [-0.15, -0.1) is 0 Å². The van der Waals surface area contributed by atoms with Gasteiger partial charge >= 0.3 is 0 Å². The van der Waals surface area contributed by atoms with E-state index >= 15 is 0 Å². The third kappa shape index (κ3) is 2.16. The molecule has 0 bridgehead atoms. The summed E-state index contributed by atoms with van der Waals surface area (Å²) in [5, 5.41) is 0.569. The molecule has 6 nitrogen and oxygen atoms in total. The highest BCUT2D eigenvalue weighted by Crippen LogP contribution is 2.41. The first-order valence-corrected chi connectivity index (χ1v) is 7.71. The molecule has 1 aromatic carbocycles. The first-order chi connectivity index (χ1) is 10.3. The molecule has 7 heteroatoms. The zero-order valence-corrected chi connectivity index (χ0v) is 12.3. The number of hydrogen-bond donors (Lipinski definition) is 1. The van der Waals surface area contributed by atoms with Gasteiger partial charge in [0.15, 0.2) is 29.1 Å². The molecule has 0 spiro atoms. The van der Waals surface area contributed by atoms with Crippen LogP contribution in [-0.2, 0) is 9.47 Å². The second-order valence-corrected chi connectivity index (χ2v) is 6.36. The molecule has 1 saturated heterocycles. The second kappa shape index (κ2) is 5.08. The second-order valence-electron chi connectivity index (χ2n) is 5.16. The van der Waals surface area contributed by atoms with E-state index in [2.05, 4.69) is 4.99 Å². The third-order valence-electron chi connectivity index (χ3n) is 3.90. The lowest BCUT2D eigenvalue weighted by atomic mass is 9.99. The number of methoxy groups -OCH3 is 1. The highest BCUT2D eigenvalue weighted by atomic mass is 32.2. The van der Waals surface area contributed by atoms with Crippen molar-refractivity contribution in [2.75, 3.05) is 13.7 Å². The van der Waals surface area contributed by atoms with Gasteiger partial charge in [-0.05, 0) is 12.1 Å². The SMILES string of the molecule is COC1OC2COc3ccccc3OC2C2N=C(N)SC12. The fourth-order valence-electron chi connectivity index (χ4n) is 2.94. The Hall–Kier alpha value is -1.44. The van der Waals surface area contributed by atoms with Gasteiger partial charge in [-0.2, -0.15) is 0 Å². The molecule has 1 aromatic rings. The number of para-hydroxylation sites is 2. The molecule has 0 radical (unpaired) electrons. The summed E-state index contributed by atoms with van der Waals surface area (Å²) in [6.07, 6.45) is -0.822. The minimum Gasteiger partial charge on any atom is -0.487 e. The number of amidine groups is 1. The van der Waals surface area contributed by atoms with Crippen LogP contribution in [0.3, 0.4) is 0 Å². The van der Waals surface area contributed by atoms with Crippen LogP contribution < -0.4 is 15.2 Å². The topological polar surface area (TPSA) is 75.3 Å². The van der Waals surface area contributed by atoms with E-state index in [4.69, 9.17) is 24.7 Å². The van der Waals surface area contributed by atoms with Crippen molar-refractivity contribution in [2.45, 2.75) is 29.8 Å². The zero-order valence-electron chi connectivity index (χ0n) is 11.5. The number of aliphatic imine (C=N–C) groups is 1. The number of nitrogens with zero attached hydrogens (tertiary/aromatic N) is 1. The van der Waals surface area contributed by atoms with E-state index in [0.717, 1.165) is 5.75 Å². The molecule has 3 heterocycles. The van der Waals surface area contributed by atoms with Gasteiger partial charge in [0.1, 0.15) is 18.8 Å². The number of hydrogen-bond acceptors (Lipinski definition) is 7. The van der Waals surface area contributed by atoms with Crippen molar-refractivity contribution in [1.82, 2.24) is 0 Å². The fourth-order valence-corrected chi connectivity index (χ4v) is 4.04. The van der Waals surface area contributed by atoms with Crippen LogP contribution in [0.1, 0.15) is 0 Å². The molecule has 3 aliphatic heterocycles. The maximum Gasteiger partial charge on any atom is 0.172 e. The van der Waals surface area contributed by atoms with Gasteiger partial charge in [-0.25, -0.2) is 0 Å². The van der Waals surface area contributed by atoms with E-state index < -0.39 is 0 Å². The van der Waals surface area contributed by atoms with Crippen LogP contribution in [0.15, 0.2) is 29.3 Å². The highest BCUT2D eigenvalue weighted by molar-refractivity contribution is 8.14. The normalized spacial score (nSPS) is 37.2. The number of rotatable bonds is 1. The minimum atomic E-state index is -0.362. The predicted molar refractivity (Wildman–Crippen MR) is 78.8 cm³/mol. The largest absolute Gasteiger partial charge is 0.487 e. The zero-order chi connectivity index (χ0) is 14.4. The van der Waals surface area contributed by atoms with E-state index in [1.54, 1.807) is 7.11 Å². The van der Waals surface area contributed by atoms with Crippen LogP contribution in [0, 0.1) is 0 Å². The highest BCUT2D eigenvalue weighted by Gasteiger charge is 2.52. The first-order valence-electron chi connectivity index (χ1n) is 6.83. The maximum absolute atomic E-state index is 6.13. The Morgan fingerprint density at radius 3 is 2.95 bits per heavy atom. The van der Waals surface area contributed by atoms with Crippen LogP contribution in [0.25, 0.3) is 0 Å². The summed E-state index contributed by atoms with van der Waals surface area (Å²) in [5.41, 5.74) is 5.88. The summed E-state index contributed by atoms with van der Waals surface area (Å²) in [6.45, 7) is 0.408. The fraction of sp³-hybridized carbons (Fsp3) is 0.500. The number of benzene rings is 1. The molecule has 0 aliphatic carbocycles. The quantitative estimate of drug-likeness (QED) is 0.834. The third-order valence-corrected chi connectivity index (χ3v) is 5.02. The smallest absolute Gasteiger partial charge is 0.172 e. The van der Waals surface area contributed by atoms with E-state index in [0.29, 0.717) is 17.5 Å². The van der Waals surface area contributed by atoms with Gasteiger partial charge in [0, 0.05) is 7.11 Å². The number of ether oxygens (including phenoxy) is 4. The van der Waals surface area contributed by atoms with Crippen molar-refractivity contribution in [3.63, 3.8) is 0 Å². The Morgan fingerprint density at radius 2 is 2.14 bits per heavy atom. The van der Waals surface area contributed by atoms with E-state index in [1.807, 2.05) is 24.3 Å². The van der Waals surface area contributed by atoms with Gasteiger partial charge in [0.2, 0.25) is 0 Å². The van der Waals surface area contributed by atoms with E-state index in [1.165, 1.54) is 11.8 Å². The van der Waals surface area contributed by atoms with E-state index in [-0.39, 0.29) is 29.8 Å². The lowest BCUT2D eigenvalue weighted by Crippen LogP contribution is -2.58. The van der Waals surface area contributed by atoms with Gasteiger partial charge in [0.05, 0.1) is 5.25 Å². The minimum absolute atomic E-state index is 0.0153. The molecule has 4 rings (SSSR count). The van der Waals surface area contributed by atoms with Gasteiger partial charge in [-0.1, -0.05) is 23.9 Å². The maximum atomic E-state index is 6.13. The molecular formula is C14H16N2O4S. The summed E-state index contributed by atoms with van der Waals surface area (Å²) in [5.74, 6) is 1.44. The number of fused-ring (bicyclic) bond motifs is 4. The van der Waals surface area contributed by atoms with Crippen molar-refractivity contribution >= 4 is 16.9 Å². The van der Waals surface area contributed by atoms with Crippen molar-refractivity contribution in [3.05, 3.63) is 24.3 Å². The van der Waals surface area contributed by atoms with Crippen LogP contribution in [-0.4, -0.2) is 48.7 Å². The molecule has 112 valence electrons. The monoisotopic (exact) mass is 308 g/mol. The van der Waals surface area contributed by atoms with Gasteiger partial charge < -0.3 is 24.7 Å². The molecule has 0 amide bonds. The molecule has 21 heavy (non-hydrogen) atoms. The van der Waals surface area contributed by atoms with Gasteiger partial charge in [-0.3, -0.25) is 4.99 Å².